The second-order valence-corrected chi connectivity index (χ2v) is 9.22. The van der Waals surface area contributed by atoms with E-state index in [1.54, 1.807) is 11.3 Å². The van der Waals surface area contributed by atoms with Crippen molar-refractivity contribution in [1.29, 1.82) is 0 Å². The Bertz CT molecular complexity index is 825. The molecule has 0 unspecified atom stereocenters. The minimum atomic E-state index is -0.825. The van der Waals surface area contributed by atoms with E-state index < -0.39 is 5.97 Å². The third-order valence-corrected chi connectivity index (χ3v) is 6.63. The summed E-state index contributed by atoms with van der Waals surface area (Å²) >= 11 is 3.49. The number of carboxylic acids is 1. The molecule has 0 radical (unpaired) electrons. The summed E-state index contributed by atoms with van der Waals surface area (Å²) in [6.07, 6.45) is 2.89. The molecular formula is C20H23IO4S. The van der Waals surface area contributed by atoms with Gasteiger partial charge in [0, 0.05) is 9.75 Å². The van der Waals surface area contributed by atoms with E-state index in [2.05, 4.69) is 13.8 Å². The van der Waals surface area contributed by atoms with Crippen LogP contribution in [0, 0.1) is 12.3 Å². The zero-order chi connectivity index (χ0) is 18.9. The van der Waals surface area contributed by atoms with Gasteiger partial charge < -0.3 is 12.9 Å². The number of hydrogen-bond donors (Lipinski definition) is 1. The molecular weight excluding hydrogens is 463 g/mol. The second kappa shape index (κ2) is 7.86. The summed E-state index contributed by atoms with van der Waals surface area (Å²) in [6.45, 7) is 7.46. The third-order valence-electron chi connectivity index (χ3n) is 4.86. The van der Waals surface area contributed by atoms with E-state index >= 15 is 0 Å². The van der Waals surface area contributed by atoms with Crippen LogP contribution in [0.2, 0.25) is 0 Å². The maximum absolute atomic E-state index is 12.1. The van der Waals surface area contributed by atoms with E-state index in [9.17, 15) is 9.90 Å². The smallest absolute Gasteiger partial charge is 0.337 e. The van der Waals surface area contributed by atoms with Crippen LogP contribution < -0.4 is 4.74 Å². The summed E-state index contributed by atoms with van der Waals surface area (Å²) in [4.78, 5) is 14.2. The molecule has 1 aromatic carbocycles. The van der Waals surface area contributed by atoms with Gasteiger partial charge in [-0.05, 0) is 66.5 Å². The summed E-state index contributed by atoms with van der Waals surface area (Å²) in [5.41, 5.74) is 3.69. The summed E-state index contributed by atoms with van der Waals surface area (Å²) in [5, 5.41) is 9.90. The highest BCUT2D eigenvalue weighted by atomic mass is 127. The minimum absolute atomic E-state index is 0.156. The first-order valence-corrected chi connectivity index (χ1v) is 10.4. The Balaban J connectivity index is 1.99. The molecule has 1 aromatic heterocycles. The highest BCUT2D eigenvalue weighted by Gasteiger charge is 2.33. The normalized spacial score (nSPS) is 15.5. The first-order chi connectivity index (χ1) is 12.3. The molecule has 1 heterocycles. The van der Waals surface area contributed by atoms with Crippen LogP contribution in [0.5, 0.6) is 5.75 Å². The fraction of sp³-hybridized carbons (Fsp3) is 0.450. The van der Waals surface area contributed by atoms with Crippen molar-refractivity contribution in [2.75, 3.05) is 13.2 Å². The molecule has 26 heavy (non-hydrogen) atoms. The van der Waals surface area contributed by atoms with Gasteiger partial charge in [-0.25, -0.2) is 4.79 Å². The number of rotatable bonds is 6. The van der Waals surface area contributed by atoms with Gasteiger partial charge in [-0.1, -0.05) is 13.8 Å². The summed E-state index contributed by atoms with van der Waals surface area (Å²) < 4.78 is 10.6. The average molecular weight is 486 g/mol. The Hall–Kier alpha value is -1.12. The number of carbonyl (C=O) groups is 1. The van der Waals surface area contributed by atoms with E-state index in [-0.39, 0.29) is 5.41 Å². The topological polar surface area (TPSA) is 55.8 Å². The quantitative estimate of drug-likeness (QED) is 0.422. The monoisotopic (exact) mass is 486 g/mol. The lowest BCUT2D eigenvalue weighted by molar-refractivity contribution is 0.0696. The fourth-order valence-electron chi connectivity index (χ4n) is 3.51. The number of aryl methyl sites for hydroxylation is 2. The Morgan fingerprint density at radius 3 is 2.77 bits per heavy atom. The molecule has 140 valence electrons. The van der Waals surface area contributed by atoms with Gasteiger partial charge in [-0.2, -0.15) is 0 Å². The predicted molar refractivity (Wildman–Crippen MR) is 113 cm³/mol. The summed E-state index contributed by atoms with van der Waals surface area (Å²) in [7, 11) is 0. The zero-order valence-corrected chi connectivity index (χ0v) is 18.2. The molecule has 0 saturated heterocycles. The van der Waals surface area contributed by atoms with Gasteiger partial charge >= 0.3 is 5.97 Å². The van der Waals surface area contributed by atoms with Crippen LogP contribution in [-0.2, 0) is 15.9 Å². The number of benzene rings is 1. The lowest BCUT2D eigenvalue weighted by Gasteiger charge is -2.29. The number of thiophene rings is 1. The summed E-state index contributed by atoms with van der Waals surface area (Å²) in [5.74, 6) is -0.0480. The molecule has 3 rings (SSSR count). The van der Waals surface area contributed by atoms with Gasteiger partial charge in [0.15, 0.2) is 0 Å². The predicted octanol–water partition coefficient (Wildman–Crippen LogP) is 5.68. The number of hydrogen-bond acceptors (Lipinski definition) is 4. The van der Waals surface area contributed by atoms with Gasteiger partial charge in [-0.3, -0.25) is 0 Å². The van der Waals surface area contributed by atoms with Crippen molar-refractivity contribution in [2.24, 2.45) is 5.41 Å². The van der Waals surface area contributed by atoms with Gasteiger partial charge in [0.2, 0.25) is 0 Å². The first kappa shape index (κ1) is 19.6. The molecule has 0 saturated carbocycles. The molecule has 4 nitrogen and oxygen atoms in total. The van der Waals surface area contributed by atoms with Crippen molar-refractivity contribution in [3.8, 4) is 16.2 Å². The molecule has 0 amide bonds. The number of fused-ring (bicyclic) bond motifs is 1. The van der Waals surface area contributed by atoms with Crippen LogP contribution in [0.4, 0.5) is 0 Å². The van der Waals surface area contributed by atoms with Gasteiger partial charge in [0.05, 0.1) is 12.2 Å². The third kappa shape index (κ3) is 4.07. The van der Waals surface area contributed by atoms with Gasteiger partial charge in [0.25, 0.3) is 0 Å². The number of carboxylic acid groups (broad SMARTS) is 1. The van der Waals surface area contributed by atoms with E-state index in [1.807, 2.05) is 48.1 Å². The number of aromatic carboxylic acids is 1. The Kier molecular flexibility index (Phi) is 5.94. The van der Waals surface area contributed by atoms with Crippen molar-refractivity contribution in [3.63, 3.8) is 0 Å². The highest BCUT2D eigenvalue weighted by molar-refractivity contribution is 14.1. The maximum Gasteiger partial charge on any atom is 0.337 e. The largest absolute Gasteiger partial charge is 0.491 e. The SMILES string of the molecule is Cc1cc(OCCOI)ccc1-c1sc2c(c1C(=O)O)CC(C)(C)CC2. The molecule has 0 fully saturated rings. The van der Waals surface area contributed by atoms with Crippen LogP contribution in [0.1, 0.15) is 46.6 Å². The number of halogens is 1. The summed E-state index contributed by atoms with van der Waals surface area (Å²) in [6, 6.07) is 5.85. The van der Waals surface area contributed by atoms with Crippen molar-refractivity contribution >= 4 is 40.3 Å². The van der Waals surface area contributed by atoms with Crippen molar-refractivity contribution in [2.45, 2.75) is 40.0 Å². The van der Waals surface area contributed by atoms with Crippen LogP contribution in [-0.4, -0.2) is 24.3 Å². The lowest BCUT2D eigenvalue weighted by Crippen LogP contribution is -2.22. The molecule has 1 N–H and O–H groups in total. The molecule has 1 aliphatic rings. The lowest BCUT2D eigenvalue weighted by atomic mass is 9.76. The van der Waals surface area contributed by atoms with E-state index in [1.165, 1.54) is 4.88 Å². The van der Waals surface area contributed by atoms with Gasteiger partial charge in [0.1, 0.15) is 35.4 Å². The van der Waals surface area contributed by atoms with Crippen LogP contribution in [0.25, 0.3) is 10.4 Å². The standard InChI is InChI=1S/C20H23IO4S/c1-12-10-13(24-8-9-25-21)4-5-14(12)18-17(19(22)23)15-11-20(2,3)7-6-16(15)26-18/h4-5,10H,6-9,11H2,1-3H3,(H,22,23). The Morgan fingerprint density at radius 2 is 2.12 bits per heavy atom. The second-order valence-electron chi connectivity index (χ2n) is 7.49. The van der Waals surface area contributed by atoms with Crippen LogP contribution in [0.15, 0.2) is 18.2 Å². The zero-order valence-electron chi connectivity index (χ0n) is 15.2. The van der Waals surface area contributed by atoms with E-state index in [0.717, 1.165) is 46.6 Å². The highest BCUT2D eigenvalue weighted by Crippen LogP contribution is 2.46. The molecule has 0 aliphatic heterocycles. The maximum atomic E-state index is 12.1. The molecule has 6 heteroatoms. The van der Waals surface area contributed by atoms with Crippen molar-refractivity contribution in [3.05, 3.63) is 39.8 Å². The molecule has 0 spiro atoms. The average Bonchev–Trinajstić information content (AvgIpc) is 2.92. The van der Waals surface area contributed by atoms with Crippen LogP contribution >= 0.6 is 34.3 Å². The van der Waals surface area contributed by atoms with E-state index in [0.29, 0.717) is 18.8 Å². The Morgan fingerprint density at radius 1 is 1.35 bits per heavy atom. The first-order valence-electron chi connectivity index (χ1n) is 8.67. The number of ether oxygens (including phenoxy) is 1. The minimum Gasteiger partial charge on any atom is -0.491 e. The van der Waals surface area contributed by atoms with Crippen LogP contribution in [0.3, 0.4) is 0 Å². The van der Waals surface area contributed by atoms with Crippen molar-refractivity contribution < 1.29 is 17.7 Å². The molecule has 1 aliphatic carbocycles. The van der Waals surface area contributed by atoms with E-state index in [4.69, 9.17) is 7.80 Å². The van der Waals surface area contributed by atoms with Crippen molar-refractivity contribution in [1.82, 2.24) is 0 Å². The fourth-order valence-corrected chi connectivity index (χ4v) is 5.09. The molecule has 2 aromatic rings. The van der Waals surface area contributed by atoms with Gasteiger partial charge in [-0.15, -0.1) is 11.3 Å². The molecule has 0 bridgehead atoms. The molecule has 0 atom stereocenters. The Labute approximate surface area is 172 Å².